The number of aromatic nitrogens is 1. The summed E-state index contributed by atoms with van der Waals surface area (Å²) in [7, 11) is 2.45. The molecule has 0 aliphatic heterocycles. The lowest BCUT2D eigenvalue weighted by atomic mass is 10.5. The third kappa shape index (κ3) is 1.47. The summed E-state index contributed by atoms with van der Waals surface area (Å²) in [5.74, 6) is 0.0844. The topological polar surface area (TPSA) is 62.8 Å². The minimum Gasteiger partial charge on any atom is -0.383 e. The first kappa shape index (κ1) is 6.65. The van der Waals surface area contributed by atoms with Crippen molar-refractivity contribution >= 4 is 31.2 Å². The Bertz CT molecular complexity index is 231. The molecule has 0 fully saturated rings. The van der Waals surface area contributed by atoms with E-state index < -0.39 is 0 Å². The Morgan fingerprint density at radius 1 is 1.89 bits per heavy atom. The fraction of sp³-hybridized carbons (Fsp3) is 0. The van der Waals surface area contributed by atoms with Gasteiger partial charge in [-0.1, -0.05) is 9.24 Å². The Morgan fingerprint density at radius 3 is 2.78 bits per heavy atom. The lowest BCUT2D eigenvalue weighted by molar-refractivity contribution is 1.41. The van der Waals surface area contributed by atoms with Crippen LogP contribution in [0.4, 0.5) is 0 Å². The first-order chi connectivity index (χ1) is 4.20. The van der Waals surface area contributed by atoms with Crippen molar-refractivity contribution in [3.05, 3.63) is 11.1 Å². The van der Waals surface area contributed by atoms with E-state index in [4.69, 9.17) is 11.1 Å². The van der Waals surface area contributed by atoms with Crippen LogP contribution in [0.3, 0.4) is 0 Å². The highest BCUT2D eigenvalue weighted by molar-refractivity contribution is 7.43. The number of hydrogen-bond acceptors (Lipinski definition) is 3. The van der Waals surface area contributed by atoms with Crippen molar-refractivity contribution in [1.82, 2.24) is 4.98 Å². The van der Waals surface area contributed by atoms with Crippen molar-refractivity contribution in [2.24, 2.45) is 5.73 Å². The second-order valence-corrected chi connectivity index (χ2v) is 3.50. The standard InChI is InChI=1S/C4H6N3PS/c5-3(6)2-1-7-4(8)9-2/h1H,8H2,(H3,5,6). The predicted octanol–water partition coefficient (Wildman–Crippen LogP) is -0.0724. The van der Waals surface area contributed by atoms with Crippen molar-refractivity contribution < 1.29 is 0 Å². The highest BCUT2D eigenvalue weighted by Gasteiger charge is 1.98. The molecule has 0 saturated heterocycles. The maximum atomic E-state index is 6.99. The number of amidine groups is 1. The lowest BCUT2D eigenvalue weighted by Crippen LogP contribution is -2.08. The highest BCUT2D eigenvalue weighted by atomic mass is 32.1. The van der Waals surface area contributed by atoms with Crippen molar-refractivity contribution in [1.29, 1.82) is 5.41 Å². The summed E-state index contributed by atoms with van der Waals surface area (Å²) in [6.45, 7) is 0. The van der Waals surface area contributed by atoms with Crippen LogP contribution < -0.4 is 10.5 Å². The molecule has 9 heavy (non-hydrogen) atoms. The molecule has 1 atom stereocenters. The number of rotatable bonds is 1. The average molecular weight is 159 g/mol. The van der Waals surface area contributed by atoms with Gasteiger partial charge in [0.15, 0.2) is 0 Å². The van der Waals surface area contributed by atoms with E-state index in [1.165, 1.54) is 11.3 Å². The second-order valence-electron chi connectivity index (χ2n) is 1.48. The monoisotopic (exact) mass is 159 g/mol. The van der Waals surface area contributed by atoms with E-state index in [2.05, 4.69) is 14.2 Å². The van der Waals surface area contributed by atoms with Gasteiger partial charge in [-0.3, -0.25) is 5.41 Å². The van der Waals surface area contributed by atoms with Crippen LogP contribution in [0.1, 0.15) is 4.88 Å². The molecule has 0 amide bonds. The molecule has 5 heteroatoms. The molecule has 1 aromatic rings. The van der Waals surface area contributed by atoms with Crippen LogP contribution in [-0.4, -0.2) is 10.8 Å². The predicted molar refractivity (Wildman–Crippen MR) is 42.5 cm³/mol. The van der Waals surface area contributed by atoms with Crippen LogP contribution in [0.15, 0.2) is 6.20 Å². The molecule has 1 heterocycles. The molecule has 1 unspecified atom stereocenters. The van der Waals surface area contributed by atoms with E-state index >= 15 is 0 Å². The maximum absolute atomic E-state index is 6.99. The van der Waals surface area contributed by atoms with Gasteiger partial charge >= 0.3 is 0 Å². The number of hydrogen-bond donors (Lipinski definition) is 2. The molecule has 0 aliphatic carbocycles. The van der Waals surface area contributed by atoms with Crippen LogP contribution in [0, 0.1) is 5.41 Å². The zero-order valence-electron chi connectivity index (χ0n) is 4.59. The van der Waals surface area contributed by atoms with Crippen molar-refractivity contribution in [3.63, 3.8) is 0 Å². The second kappa shape index (κ2) is 2.42. The van der Waals surface area contributed by atoms with Crippen LogP contribution in [0.2, 0.25) is 0 Å². The van der Waals surface area contributed by atoms with Crippen molar-refractivity contribution in [2.75, 3.05) is 0 Å². The van der Waals surface area contributed by atoms with E-state index in [0.29, 0.717) is 0 Å². The number of nitrogens with two attached hydrogens (primary N) is 1. The Morgan fingerprint density at radius 2 is 2.56 bits per heavy atom. The van der Waals surface area contributed by atoms with Gasteiger partial charge < -0.3 is 5.73 Å². The van der Waals surface area contributed by atoms with E-state index in [0.717, 1.165) is 9.63 Å². The highest BCUT2D eigenvalue weighted by Crippen LogP contribution is 2.03. The Hall–Kier alpha value is -0.470. The van der Waals surface area contributed by atoms with Gasteiger partial charge in [-0.05, 0) is 0 Å². The lowest BCUT2D eigenvalue weighted by Gasteiger charge is -1.84. The molecule has 3 N–H and O–H groups in total. The summed E-state index contributed by atoms with van der Waals surface area (Å²) in [4.78, 5) is 4.62. The van der Waals surface area contributed by atoms with Gasteiger partial charge in [0.1, 0.15) is 10.6 Å². The quantitative estimate of drug-likeness (QED) is 0.342. The zero-order valence-corrected chi connectivity index (χ0v) is 6.56. The molecule has 48 valence electrons. The van der Waals surface area contributed by atoms with Crippen molar-refractivity contribution in [3.8, 4) is 0 Å². The van der Waals surface area contributed by atoms with Gasteiger partial charge in [-0.15, -0.1) is 11.3 Å². The Labute approximate surface area is 59.0 Å². The van der Waals surface area contributed by atoms with Gasteiger partial charge in [0.25, 0.3) is 0 Å². The fourth-order valence-corrected chi connectivity index (χ4v) is 1.41. The molecule has 0 radical (unpaired) electrons. The first-order valence-corrected chi connectivity index (χ1v) is 3.65. The summed E-state index contributed by atoms with van der Waals surface area (Å²) in [5.41, 5.74) is 5.17. The van der Waals surface area contributed by atoms with E-state index in [1.54, 1.807) is 6.20 Å². The van der Waals surface area contributed by atoms with Crippen LogP contribution in [0.5, 0.6) is 0 Å². The molecule has 3 nitrogen and oxygen atoms in total. The van der Waals surface area contributed by atoms with E-state index in [1.807, 2.05) is 0 Å². The molecule has 0 bridgehead atoms. The smallest absolute Gasteiger partial charge is 0.134 e. The SMILES string of the molecule is N=C(N)c1cnc(P)s1. The van der Waals surface area contributed by atoms with E-state index in [-0.39, 0.29) is 5.84 Å². The Kier molecular flexibility index (Phi) is 1.78. The van der Waals surface area contributed by atoms with Crippen LogP contribution >= 0.6 is 20.6 Å². The van der Waals surface area contributed by atoms with Gasteiger partial charge in [0.05, 0.1) is 4.88 Å². The maximum Gasteiger partial charge on any atom is 0.134 e. The van der Waals surface area contributed by atoms with E-state index in [9.17, 15) is 0 Å². The minimum atomic E-state index is 0.0844. The number of nitrogens with one attached hydrogen (secondary N) is 1. The normalized spacial score (nSPS) is 9.44. The summed E-state index contributed by atoms with van der Waals surface area (Å²) in [6.07, 6.45) is 1.59. The van der Waals surface area contributed by atoms with Gasteiger partial charge in [0, 0.05) is 6.20 Å². The third-order valence-electron chi connectivity index (χ3n) is 0.789. The molecule has 0 spiro atoms. The zero-order chi connectivity index (χ0) is 6.85. The number of nitrogens with zero attached hydrogens (tertiary/aromatic N) is 1. The molecule has 0 saturated carbocycles. The summed E-state index contributed by atoms with van der Waals surface area (Å²) in [6, 6.07) is 0. The van der Waals surface area contributed by atoms with Gasteiger partial charge in [-0.2, -0.15) is 0 Å². The average Bonchev–Trinajstić information content (AvgIpc) is 2.14. The number of nitrogen functional groups attached to an aromatic ring is 1. The van der Waals surface area contributed by atoms with Gasteiger partial charge in [-0.25, -0.2) is 4.98 Å². The Balaban J connectivity index is 2.98. The molecule has 0 aliphatic rings. The molecular weight excluding hydrogens is 153 g/mol. The molecule has 1 rings (SSSR count). The van der Waals surface area contributed by atoms with Gasteiger partial charge in [0.2, 0.25) is 0 Å². The summed E-state index contributed by atoms with van der Waals surface area (Å²) < 4.78 is 0.861. The minimum absolute atomic E-state index is 0.0844. The van der Waals surface area contributed by atoms with Crippen LogP contribution in [-0.2, 0) is 0 Å². The third-order valence-corrected chi connectivity index (χ3v) is 2.15. The summed E-state index contributed by atoms with van der Waals surface area (Å²) in [5, 5.41) is 6.99. The molecule has 0 aromatic carbocycles. The fourth-order valence-electron chi connectivity index (χ4n) is 0.412. The largest absolute Gasteiger partial charge is 0.383 e. The van der Waals surface area contributed by atoms with Crippen LogP contribution in [0.25, 0.3) is 0 Å². The first-order valence-electron chi connectivity index (χ1n) is 2.26. The molecule has 1 aromatic heterocycles. The number of thiazole rings is 1. The molecular formula is C4H6N3PS. The summed E-state index contributed by atoms with van der Waals surface area (Å²) >= 11 is 1.40. The van der Waals surface area contributed by atoms with Crippen molar-refractivity contribution in [2.45, 2.75) is 0 Å².